The molecule has 54 heavy (non-hydrogen) atoms. The van der Waals surface area contributed by atoms with Gasteiger partial charge in [0.1, 0.15) is 0 Å². The quantitative estimate of drug-likeness (QED) is 0.0800. The highest BCUT2D eigenvalue weighted by molar-refractivity contribution is 5.94. The topological polar surface area (TPSA) is 139 Å². The van der Waals surface area contributed by atoms with Crippen LogP contribution in [-0.4, -0.2) is 53.0 Å². The lowest BCUT2D eigenvalue weighted by molar-refractivity contribution is -0.252. The summed E-state index contributed by atoms with van der Waals surface area (Å²) in [4.78, 5) is 31.8. The summed E-state index contributed by atoms with van der Waals surface area (Å²) in [6, 6.07) is 37.3. The molecule has 4 aromatic carbocycles. The van der Waals surface area contributed by atoms with Crippen molar-refractivity contribution in [1.29, 1.82) is 0 Å². The molecule has 2 amide bonds. The highest BCUT2D eigenvalue weighted by Crippen LogP contribution is 2.39. The summed E-state index contributed by atoms with van der Waals surface area (Å²) < 4.78 is 13.2. The molecular weight excluding hydrogens is 679 g/mol. The van der Waals surface area contributed by atoms with Crippen LogP contribution in [0, 0.1) is 0 Å². The summed E-state index contributed by atoms with van der Waals surface area (Å²) in [6.45, 7) is 1.96. The van der Waals surface area contributed by atoms with Crippen molar-refractivity contribution in [3.05, 3.63) is 149 Å². The second kappa shape index (κ2) is 19.1. The summed E-state index contributed by atoms with van der Waals surface area (Å²) in [5, 5.41) is 15.4. The van der Waals surface area contributed by atoms with Crippen molar-refractivity contribution in [2.75, 3.05) is 31.2 Å². The zero-order chi connectivity index (χ0) is 37.7. The lowest BCUT2D eigenvalue weighted by atomic mass is 9.97. The number of hydrogen-bond acceptors (Lipinski definition) is 8. The van der Waals surface area contributed by atoms with Gasteiger partial charge >= 0.3 is 0 Å². The summed E-state index contributed by atoms with van der Waals surface area (Å²) >= 11 is 0. The number of aliphatic hydroxyl groups excluding tert-OH is 1. The van der Waals surface area contributed by atoms with E-state index >= 15 is 0 Å². The van der Waals surface area contributed by atoms with Gasteiger partial charge in [0.2, 0.25) is 11.8 Å². The van der Waals surface area contributed by atoms with E-state index in [0.29, 0.717) is 30.8 Å². The summed E-state index contributed by atoms with van der Waals surface area (Å²) in [5.41, 5.74) is 13.9. The van der Waals surface area contributed by atoms with E-state index < -0.39 is 6.29 Å². The molecule has 1 aromatic heterocycles. The molecule has 5 N–H and O–H groups in total. The van der Waals surface area contributed by atoms with Gasteiger partial charge in [0.25, 0.3) is 0 Å². The summed E-state index contributed by atoms with van der Waals surface area (Å²) in [5.74, 6) is -0.290. The molecule has 0 aliphatic carbocycles. The number of benzene rings is 4. The van der Waals surface area contributed by atoms with E-state index in [-0.39, 0.29) is 43.5 Å². The molecule has 1 aliphatic rings. The number of aliphatic hydroxyl groups is 1. The van der Waals surface area contributed by atoms with Crippen LogP contribution in [0.25, 0.3) is 11.1 Å². The van der Waals surface area contributed by atoms with Gasteiger partial charge in [-0.05, 0) is 65.6 Å². The minimum Gasteiger partial charge on any atom is -0.397 e. The van der Waals surface area contributed by atoms with Crippen LogP contribution in [0.3, 0.4) is 0 Å². The Morgan fingerprint density at radius 2 is 1.57 bits per heavy atom. The maximum absolute atomic E-state index is 12.7. The molecule has 0 bridgehead atoms. The van der Waals surface area contributed by atoms with Gasteiger partial charge in [-0.25, -0.2) is 0 Å². The molecule has 5 aromatic rings. The zero-order valence-electron chi connectivity index (χ0n) is 30.7. The lowest BCUT2D eigenvalue weighted by Crippen LogP contribution is -2.38. The number of nitrogens with two attached hydrogens (primary N) is 1. The fourth-order valence-electron chi connectivity index (χ4n) is 6.61. The first-order valence-corrected chi connectivity index (χ1v) is 18.5. The van der Waals surface area contributed by atoms with Gasteiger partial charge in [0, 0.05) is 62.8 Å². The number of carbonyl (C=O) groups is 2. The van der Waals surface area contributed by atoms with Crippen molar-refractivity contribution in [2.45, 2.75) is 63.8 Å². The van der Waals surface area contributed by atoms with E-state index in [1.165, 1.54) is 0 Å². The summed E-state index contributed by atoms with van der Waals surface area (Å²) in [6.07, 6.45) is 3.47. The van der Waals surface area contributed by atoms with Crippen LogP contribution in [0.15, 0.2) is 121 Å². The summed E-state index contributed by atoms with van der Waals surface area (Å²) in [7, 11) is 2.11. The minimum atomic E-state index is -0.564. The smallest absolute Gasteiger partial charge is 0.224 e. The van der Waals surface area contributed by atoms with E-state index in [1.807, 2.05) is 91.1 Å². The molecule has 0 spiro atoms. The van der Waals surface area contributed by atoms with Gasteiger partial charge in [-0.2, -0.15) is 0 Å². The van der Waals surface area contributed by atoms with E-state index in [0.717, 1.165) is 58.6 Å². The van der Waals surface area contributed by atoms with E-state index in [2.05, 4.69) is 45.8 Å². The number of nitrogens with zero attached hydrogens (tertiary/aromatic N) is 2. The molecular formula is C44H49N5O5. The second-order valence-electron chi connectivity index (χ2n) is 13.7. The van der Waals surface area contributed by atoms with Crippen molar-refractivity contribution in [3.63, 3.8) is 0 Å². The molecule has 1 fully saturated rings. The number of para-hydroxylation sites is 2. The molecule has 0 radical (unpaired) electrons. The normalized spacial score (nSPS) is 16.9. The van der Waals surface area contributed by atoms with Crippen LogP contribution in [0.1, 0.15) is 66.0 Å². The first kappa shape index (κ1) is 38.3. The highest BCUT2D eigenvalue weighted by atomic mass is 16.7. The maximum atomic E-state index is 12.7. The van der Waals surface area contributed by atoms with E-state index in [9.17, 15) is 14.7 Å². The van der Waals surface area contributed by atoms with Gasteiger partial charge in [0.15, 0.2) is 6.29 Å². The Morgan fingerprint density at radius 3 is 2.33 bits per heavy atom. The van der Waals surface area contributed by atoms with Gasteiger partial charge < -0.3 is 35.8 Å². The second-order valence-corrected chi connectivity index (χ2v) is 13.7. The third kappa shape index (κ3) is 10.8. The molecule has 10 heteroatoms. The number of likely N-dealkylation sites (N-methyl/N-ethyl adjacent to an activating group) is 1. The molecule has 0 saturated carbocycles. The standard InChI is InChI=1S/C44H49N5O5/c1-49(26-24-36-10-6-7-25-46-36)29-37-27-41(33-18-16-31(30-50)17-19-33)54-44(53-37)34-22-20-32(21-23-34)38-11-3-2-9-35(38)28-47-42(51)14-8-15-43(52)48-40-13-5-4-12-39(40)45/h2-7,9-13,16-23,25,37,41,44,50H,8,14-15,24,26-30,45H2,1H3,(H,47,51)(H,48,52)/t37-,41+,44+/m1/s1. The van der Waals surface area contributed by atoms with Crippen LogP contribution >= 0.6 is 0 Å². The van der Waals surface area contributed by atoms with Crippen LogP contribution in [0.2, 0.25) is 0 Å². The lowest BCUT2D eigenvalue weighted by Gasteiger charge is -2.38. The average molecular weight is 728 g/mol. The Hall–Kier alpha value is -5.39. The monoisotopic (exact) mass is 727 g/mol. The number of anilines is 2. The zero-order valence-corrected chi connectivity index (χ0v) is 30.7. The number of aromatic nitrogens is 1. The predicted molar refractivity (Wildman–Crippen MR) is 211 cm³/mol. The number of rotatable bonds is 16. The van der Waals surface area contributed by atoms with Gasteiger partial charge in [-0.3, -0.25) is 14.6 Å². The average Bonchev–Trinajstić information content (AvgIpc) is 3.20. The van der Waals surface area contributed by atoms with Crippen molar-refractivity contribution in [3.8, 4) is 11.1 Å². The number of carbonyl (C=O) groups excluding carboxylic acids is 2. The first-order chi connectivity index (χ1) is 26.3. The minimum absolute atomic E-state index is 0.00468. The Bertz CT molecular complexity index is 1960. The number of amides is 2. The largest absolute Gasteiger partial charge is 0.397 e. The fourth-order valence-corrected chi connectivity index (χ4v) is 6.61. The fraction of sp³-hybridized carbons (Fsp3) is 0.295. The molecule has 6 rings (SSSR count). The Morgan fingerprint density at radius 1 is 0.852 bits per heavy atom. The number of nitrogen functional groups attached to an aromatic ring is 1. The highest BCUT2D eigenvalue weighted by Gasteiger charge is 2.33. The van der Waals surface area contributed by atoms with Crippen LogP contribution in [-0.2, 0) is 38.6 Å². The van der Waals surface area contributed by atoms with E-state index in [1.54, 1.807) is 12.1 Å². The molecule has 0 unspecified atom stereocenters. The van der Waals surface area contributed by atoms with Crippen LogP contribution < -0.4 is 16.4 Å². The van der Waals surface area contributed by atoms with Gasteiger partial charge in [0.05, 0.1) is 30.2 Å². The third-order valence-electron chi connectivity index (χ3n) is 9.64. The van der Waals surface area contributed by atoms with Crippen LogP contribution in [0.5, 0.6) is 0 Å². The van der Waals surface area contributed by atoms with Crippen LogP contribution in [0.4, 0.5) is 11.4 Å². The number of nitrogens with one attached hydrogen (secondary N) is 2. The van der Waals surface area contributed by atoms with Gasteiger partial charge in [-0.15, -0.1) is 0 Å². The molecule has 1 saturated heterocycles. The number of ether oxygens (including phenoxy) is 2. The van der Waals surface area contributed by atoms with Crippen molar-refractivity contribution in [2.24, 2.45) is 0 Å². The molecule has 2 heterocycles. The Balaban J connectivity index is 1.07. The number of hydrogen-bond donors (Lipinski definition) is 4. The Labute approximate surface area is 317 Å². The van der Waals surface area contributed by atoms with E-state index in [4.69, 9.17) is 15.2 Å². The SMILES string of the molecule is CN(CCc1ccccn1)C[C@H]1C[C@@H](c2ccc(CO)cc2)O[C@@H](c2ccc(-c3ccccc3CNC(=O)CCCC(=O)Nc3ccccc3N)cc2)O1. The van der Waals surface area contributed by atoms with Crippen molar-refractivity contribution >= 4 is 23.2 Å². The van der Waals surface area contributed by atoms with Gasteiger partial charge in [-0.1, -0.05) is 91.0 Å². The number of pyridine rings is 1. The maximum Gasteiger partial charge on any atom is 0.224 e. The Kier molecular flexibility index (Phi) is 13.6. The molecule has 1 aliphatic heterocycles. The van der Waals surface area contributed by atoms with Crippen molar-refractivity contribution in [1.82, 2.24) is 15.2 Å². The molecule has 3 atom stereocenters. The first-order valence-electron chi connectivity index (χ1n) is 18.5. The third-order valence-corrected chi connectivity index (χ3v) is 9.64. The molecule has 280 valence electrons. The van der Waals surface area contributed by atoms with Crippen molar-refractivity contribution < 1.29 is 24.2 Å². The molecule has 10 nitrogen and oxygen atoms in total. The predicted octanol–water partition coefficient (Wildman–Crippen LogP) is 6.97.